The van der Waals surface area contributed by atoms with Gasteiger partial charge in [0.2, 0.25) is 0 Å². The Hall–Kier alpha value is -2.28. The number of carbonyl (C=O) groups excluding carboxylic acids is 2. The fourth-order valence-corrected chi connectivity index (χ4v) is 1.93. The van der Waals surface area contributed by atoms with E-state index in [0.717, 1.165) is 0 Å². The van der Waals surface area contributed by atoms with Crippen molar-refractivity contribution in [1.82, 2.24) is 10.6 Å². The smallest absolute Gasteiger partial charge is 0.287 e. The van der Waals surface area contributed by atoms with Crippen LogP contribution in [-0.4, -0.2) is 30.0 Å². The van der Waals surface area contributed by atoms with Gasteiger partial charge in [-0.1, -0.05) is 6.07 Å². The number of hydrogen-bond donors (Lipinski definition) is 3. The van der Waals surface area contributed by atoms with Gasteiger partial charge in [-0.05, 0) is 46.3 Å². The minimum atomic E-state index is -0.354. The predicted molar refractivity (Wildman–Crippen MR) is 79.2 cm³/mol. The van der Waals surface area contributed by atoms with Crippen molar-refractivity contribution in [3.63, 3.8) is 0 Å². The predicted octanol–water partition coefficient (Wildman–Crippen LogP) is 1.91. The molecule has 0 aliphatic rings. The van der Waals surface area contributed by atoms with E-state index in [1.165, 1.54) is 12.1 Å². The zero-order valence-electron chi connectivity index (χ0n) is 10.9. The van der Waals surface area contributed by atoms with Crippen molar-refractivity contribution in [2.24, 2.45) is 0 Å². The zero-order chi connectivity index (χ0) is 15.2. The number of phenolic OH excluding ortho intramolecular Hbond substituents is 1. The Morgan fingerprint density at radius 1 is 1.10 bits per heavy atom. The van der Waals surface area contributed by atoms with Crippen LogP contribution in [0.15, 0.2) is 45.5 Å². The maximum absolute atomic E-state index is 11.8. The van der Waals surface area contributed by atoms with Crippen LogP contribution in [0.3, 0.4) is 0 Å². The number of amides is 2. The average Bonchev–Trinajstić information content (AvgIpc) is 2.90. The molecule has 0 spiro atoms. The van der Waals surface area contributed by atoms with Gasteiger partial charge in [0.15, 0.2) is 10.4 Å². The minimum absolute atomic E-state index is 0.0272. The Bertz CT molecular complexity index is 654. The molecule has 2 rings (SSSR count). The molecule has 2 amide bonds. The number of rotatable bonds is 5. The molecular formula is C14H13BrN2O4. The van der Waals surface area contributed by atoms with Crippen LogP contribution >= 0.6 is 15.9 Å². The van der Waals surface area contributed by atoms with E-state index in [2.05, 4.69) is 26.6 Å². The number of halogens is 1. The molecule has 110 valence electrons. The fraction of sp³-hybridized carbons (Fsp3) is 0.143. The van der Waals surface area contributed by atoms with E-state index in [0.29, 0.717) is 10.2 Å². The molecule has 0 aliphatic heterocycles. The third-order valence-electron chi connectivity index (χ3n) is 2.60. The summed E-state index contributed by atoms with van der Waals surface area (Å²) in [6, 6.07) is 9.20. The van der Waals surface area contributed by atoms with E-state index >= 15 is 0 Å². The Morgan fingerprint density at radius 3 is 2.43 bits per heavy atom. The van der Waals surface area contributed by atoms with Crippen LogP contribution in [0.25, 0.3) is 0 Å². The second-order valence-corrected chi connectivity index (χ2v) is 4.95. The third kappa shape index (κ3) is 4.35. The lowest BCUT2D eigenvalue weighted by Gasteiger charge is -2.06. The molecule has 0 unspecified atom stereocenters. The quantitative estimate of drug-likeness (QED) is 0.716. The van der Waals surface area contributed by atoms with Gasteiger partial charge < -0.3 is 20.2 Å². The van der Waals surface area contributed by atoms with Crippen LogP contribution in [0.4, 0.5) is 0 Å². The summed E-state index contributed by atoms with van der Waals surface area (Å²) in [7, 11) is 0. The molecule has 0 bridgehead atoms. The standard InChI is InChI=1S/C14H13BrN2O4/c15-12-5-4-11(21-12)14(20)17-7-6-16-13(19)9-2-1-3-10(18)8-9/h1-5,8,18H,6-7H2,(H,16,19)(H,17,20). The molecule has 0 saturated carbocycles. The molecule has 0 fully saturated rings. The fourth-order valence-electron chi connectivity index (χ4n) is 1.62. The lowest BCUT2D eigenvalue weighted by atomic mass is 10.2. The Labute approximate surface area is 129 Å². The number of aromatic hydroxyl groups is 1. The number of furan rings is 1. The van der Waals surface area contributed by atoms with Gasteiger partial charge in [0, 0.05) is 18.7 Å². The molecule has 21 heavy (non-hydrogen) atoms. The first kappa shape index (κ1) is 15.1. The number of nitrogens with one attached hydrogen (secondary N) is 2. The van der Waals surface area contributed by atoms with Crippen molar-refractivity contribution in [2.45, 2.75) is 0 Å². The topological polar surface area (TPSA) is 91.6 Å². The molecule has 2 aromatic rings. The molecule has 3 N–H and O–H groups in total. The first-order valence-electron chi connectivity index (χ1n) is 6.17. The molecule has 1 aromatic heterocycles. The number of hydrogen-bond acceptors (Lipinski definition) is 4. The summed E-state index contributed by atoms with van der Waals surface area (Å²) < 4.78 is 5.57. The molecule has 0 radical (unpaired) electrons. The second-order valence-electron chi connectivity index (χ2n) is 4.17. The van der Waals surface area contributed by atoms with Crippen LogP contribution in [0.1, 0.15) is 20.9 Å². The highest BCUT2D eigenvalue weighted by molar-refractivity contribution is 9.10. The maximum atomic E-state index is 11.8. The molecular weight excluding hydrogens is 340 g/mol. The van der Waals surface area contributed by atoms with Crippen molar-refractivity contribution in [3.05, 3.63) is 52.4 Å². The highest BCUT2D eigenvalue weighted by atomic mass is 79.9. The van der Waals surface area contributed by atoms with E-state index < -0.39 is 0 Å². The average molecular weight is 353 g/mol. The first-order valence-corrected chi connectivity index (χ1v) is 6.96. The van der Waals surface area contributed by atoms with Crippen LogP contribution in [0.5, 0.6) is 5.75 Å². The molecule has 1 aromatic carbocycles. The van der Waals surface area contributed by atoms with E-state index in [1.807, 2.05) is 0 Å². The van der Waals surface area contributed by atoms with Crippen molar-refractivity contribution in [3.8, 4) is 5.75 Å². The van der Waals surface area contributed by atoms with Gasteiger partial charge in [0.05, 0.1) is 0 Å². The molecule has 1 heterocycles. The van der Waals surface area contributed by atoms with E-state index in [9.17, 15) is 14.7 Å². The lowest BCUT2D eigenvalue weighted by Crippen LogP contribution is -2.34. The van der Waals surface area contributed by atoms with Gasteiger partial charge in [0.25, 0.3) is 11.8 Å². The molecule has 0 saturated heterocycles. The summed E-state index contributed by atoms with van der Waals surface area (Å²) in [6.45, 7) is 0.532. The Balaban J connectivity index is 1.75. The molecule has 0 atom stereocenters. The SMILES string of the molecule is O=C(NCCNC(=O)c1ccc(Br)o1)c1cccc(O)c1. The second kappa shape index (κ2) is 6.94. The number of benzene rings is 1. The maximum Gasteiger partial charge on any atom is 0.287 e. The van der Waals surface area contributed by atoms with Gasteiger partial charge >= 0.3 is 0 Å². The monoisotopic (exact) mass is 352 g/mol. The van der Waals surface area contributed by atoms with Crippen LogP contribution in [-0.2, 0) is 0 Å². The summed E-state index contributed by atoms with van der Waals surface area (Å²) in [5.74, 6) is -0.450. The van der Waals surface area contributed by atoms with E-state index in [4.69, 9.17) is 4.42 Å². The van der Waals surface area contributed by atoms with Crippen LogP contribution in [0.2, 0.25) is 0 Å². The summed E-state index contributed by atoms with van der Waals surface area (Å²) >= 11 is 3.11. The van der Waals surface area contributed by atoms with Crippen molar-refractivity contribution in [2.75, 3.05) is 13.1 Å². The van der Waals surface area contributed by atoms with Crippen molar-refractivity contribution < 1.29 is 19.1 Å². The van der Waals surface area contributed by atoms with Gasteiger partial charge in [-0.25, -0.2) is 0 Å². The highest BCUT2D eigenvalue weighted by Crippen LogP contribution is 2.13. The third-order valence-corrected chi connectivity index (χ3v) is 3.03. The van der Waals surface area contributed by atoms with Gasteiger partial charge in [-0.15, -0.1) is 0 Å². The summed E-state index contributed by atoms with van der Waals surface area (Å²) in [5, 5.41) is 14.5. The van der Waals surface area contributed by atoms with Gasteiger partial charge in [-0.2, -0.15) is 0 Å². The number of phenols is 1. The lowest BCUT2D eigenvalue weighted by molar-refractivity contribution is 0.0909. The van der Waals surface area contributed by atoms with Crippen LogP contribution in [0, 0.1) is 0 Å². The summed E-state index contributed by atoms with van der Waals surface area (Å²) in [6.07, 6.45) is 0. The van der Waals surface area contributed by atoms with Crippen molar-refractivity contribution in [1.29, 1.82) is 0 Å². The Kier molecular flexibility index (Phi) is 4.99. The van der Waals surface area contributed by atoms with Crippen molar-refractivity contribution >= 4 is 27.7 Å². The zero-order valence-corrected chi connectivity index (χ0v) is 12.5. The van der Waals surface area contributed by atoms with Gasteiger partial charge in [0.1, 0.15) is 5.75 Å². The Morgan fingerprint density at radius 2 is 1.81 bits per heavy atom. The molecule has 7 heteroatoms. The minimum Gasteiger partial charge on any atom is -0.508 e. The highest BCUT2D eigenvalue weighted by Gasteiger charge is 2.10. The summed E-state index contributed by atoms with van der Waals surface area (Å²) in [5.41, 5.74) is 0.358. The molecule has 6 nitrogen and oxygen atoms in total. The van der Waals surface area contributed by atoms with Gasteiger partial charge in [-0.3, -0.25) is 9.59 Å². The van der Waals surface area contributed by atoms with E-state index in [-0.39, 0.29) is 36.4 Å². The number of carbonyl (C=O) groups is 2. The van der Waals surface area contributed by atoms with Crippen LogP contribution < -0.4 is 10.6 Å². The largest absolute Gasteiger partial charge is 0.508 e. The molecule has 0 aliphatic carbocycles. The first-order chi connectivity index (χ1) is 10.1. The van der Waals surface area contributed by atoms with E-state index in [1.54, 1.807) is 24.3 Å². The normalized spacial score (nSPS) is 10.1. The summed E-state index contributed by atoms with van der Waals surface area (Å²) in [4.78, 5) is 23.4.